The van der Waals surface area contributed by atoms with Gasteiger partial charge in [0.05, 0.1) is 6.42 Å². The molecule has 0 bridgehead atoms. The standard InChI is InChI=1S/C11H23N3O2/c1-13-5-3-10(4-6-13)14(2)8-9(12)7-11(15)16/h9-10H,3-8,12H2,1-2H3,(H,15,16). The fraction of sp³-hybridized carbons (Fsp3) is 0.909. The van der Waals surface area contributed by atoms with E-state index >= 15 is 0 Å². The number of carboxylic acid groups (broad SMARTS) is 1. The van der Waals surface area contributed by atoms with Gasteiger partial charge in [-0.15, -0.1) is 0 Å². The number of piperidine rings is 1. The maximum Gasteiger partial charge on any atom is 0.304 e. The van der Waals surface area contributed by atoms with Gasteiger partial charge in [-0.1, -0.05) is 0 Å². The van der Waals surface area contributed by atoms with Gasteiger partial charge in [-0.2, -0.15) is 0 Å². The highest BCUT2D eigenvalue weighted by atomic mass is 16.4. The minimum Gasteiger partial charge on any atom is -0.481 e. The molecule has 1 aliphatic heterocycles. The predicted molar refractivity (Wildman–Crippen MR) is 63.4 cm³/mol. The summed E-state index contributed by atoms with van der Waals surface area (Å²) < 4.78 is 0. The van der Waals surface area contributed by atoms with Crippen molar-refractivity contribution in [1.82, 2.24) is 9.80 Å². The third kappa shape index (κ3) is 4.47. The lowest BCUT2D eigenvalue weighted by Gasteiger charge is -2.36. The molecule has 1 rings (SSSR count). The van der Waals surface area contributed by atoms with E-state index in [9.17, 15) is 4.79 Å². The molecule has 16 heavy (non-hydrogen) atoms. The number of carboxylic acids is 1. The van der Waals surface area contributed by atoms with Crippen molar-refractivity contribution in [3.05, 3.63) is 0 Å². The molecule has 1 fully saturated rings. The predicted octanol–water partition coefficient (Wildman–Crippen LogP) is -0.186. The van der Waals surface area contributed by atoms with Crippen molar-refractivity contribution in [3.63, 3.8) is 0 Å². The number of nitrogens with zero attached hydrogens (tertiary/aromatic N) is 2. The molecule has 1 unspecified atom stereocenters. The molecule has 1 heterocycles. The van der Waals surface area contributed by atoms with Crippen LogP contribution < -0.4 is 5.73 Å². The molecule has 94 valence electrons. The molecule has 3 N–H and O–H groups in total. The van der Waals surface area contributed by atoms with E-state index in [1.807, 2.05) is 7.05 Å². The fourth-order valence-corrected chi connectivity index (χ4v) is 2.24. The smallest absolute Gasteiger partial charge is 0.304 e. The fourth-order valence-electron chi connectivity index (χ4n) is 2.24. The van der Waals surface area contributed by atoms with Crippen LogP contribution in [-0.4, -0.2) is 66.7 Å². The van der Waals surface area contributed by atoms with Crippen molar-refractivity contribution in [2.45, 2.75) is 31.3 Å². The molecular weight excluding hydrogens is 206 g/mol. The topological polar surface area (TPSA) is 69.8 Å². The van der Waals surface area contributed by atoms with Gasteiger partial charge >= 0.3 is 5.97 Å². The molecule has 0 amide bonds. The van der Waals surface area contributed by atoms with Gasteiger partial charge in [-0.25, -0.2) is 0 Å². The van der Waals surface area contributed by atoms with Crippen molar-refractivity contribution in [3.8, 4) is 0 Å². The Labute approximate surface area is 97.2 Å². The Morgan fingerprint density at radius 1 is 1.56 bits per heavy atom. The highest BCUT2D eigenvalue weighted by Gasteiger charge is 2.22. The molecule has 1 aliphatic rings. The first kappa shape index (κ1) is 13.4. The van der Waals surface area contributed by atoms with Crippen LogP contribution in [0.25, 0.3) is 0 Å². The summed E-state index contributed by atoms with van der Waals surface area (Å²) in [5, 5.41) is 8.64. The van der Waals surface area contributed by atoms with Crippen LogP contribution in [0.4, 0.5) is 0 Å². The Balaban J connectivity index is 2.28. The second-order valence-corrected chi connectivity index (χ2v) is 4.83. The van der Waals surface area contributed by atoms with Crippen LogP contribution in [0.3, 0.4) is 0 Å². The molecule has 0 saturated carbocycles. The lowest BCUT2D eigenvalue weighted by molar-refractivity contribution is -0.137. The van der Waals surface area contributed by atoms with Gasteiger partial charge in [-0.3, -0.25) is 4.79 Å². The van der Waals surface area contributed by atoms with Crippen LogP contribution in [0.5, 0.6) is 0 Å². The zero-order valence-corrected chi connectivity index (χ0v) is 10.2. The molecular formula is C11H23N3O2. The lowest BCUT2D eigenvalue weighted by Crippen LogP contribution is -2.46. The van der Waals surface area contributed by atoms with E-state index in [0.29, 0.717) is 12.6 Å². The first-order valence-corrected chi connectivity index (χ1v) is 5.85. The molecule has 5 nitrogen and oxygen atoms in total. The quantitative estimate of drug-likeness (QED) is 0.684. The van der Waals surface area contributed by atoms with Crippen molar-refractivity contribution in [1.29, 1.82) is 0 Å². The minimum atomic E-state index is -0.815. The number of rotatable bonds is 5. The van der Waals surface area contributed by atoms with Crippen LogP contribution >= 0.6 is 0 Å². The summed E-state index contributed by atoms with van der Waals surface area (Å²) in [7, 11) is 4.17. The number of hydrogen-bond donors (Lipinski definition) is 2. The summed E-state index contributed by atoms with van der Waals surface area (Å²) in [6.45, 7) is 2.90. The number of aliphatic carboxylic acids is 1. The minimum absolute atomic E-state index is 0.0525. The van der Waals surface area contributed by atoms with E-state index in [1.54, 1.807) is 0 Å². The van der Waals surface area contributed by atoms with E-state index in [0.717, 1.165) is 25.9 Å². The first-order chi connectivity index (χ1) is 7.49. The number of likely N-dealkylation sites (tertiary alicyclic amines) is 1. The largest absolute Gasteiger partial charge is 0.481 e. The van der Waals surface area contributed by atoms with Crippen LogP contribution in [0, 0.1) is 0 Å². The number of hydrogen-bond acceptors (Lipinski definition) is 4. The maximum atomic E-state index is 10.5. The van der Waals surface area contributed by atoms with Gasteiger partial charge in [0.1, 0.15) is 0 Å². The molecule has 1 atom stereocenters. The van der Waals surface area contributed by atoms with E-state index in [1.165, 1.54) is 0 Å². The van der Waals surface area contributed by atoms with E-state index in [4.69, 9.17) is 10.8 Å². The first-order valence-electron chi connectivity index (χ1n) is 5.85. The van der Waals surface area contributed by atoms with Gasteiger partial charge in [0.15, 0.2) is 0 Å². The number of carbonyl (C=O) groups is 1. The van der Waals surface area contributed by atoms with Crippen molar-refractivity contribution in [2.75, 3.05) is 33.7 Å². The van der Waals surface area contributed by atoms with E-state index in [-0.39, 0.29) is 12.5 Å². The Kier molecular flexibility index (Phi) is 5.18. The normalized spacial score (nSPS) is 21.2. The Bertz CT molecular complexity index is 227. The SMILES string of the molecule is CN1CCC(N(C)CC(N)CC(=O)O)CC1. The summed E-state index contributed by atoms with van der Waals surface area (Å²) in [4.78, 5) is 15.0. The molecule has 0 aromatic heterocycles. The monoisotopic (exact) mass is 229 g/mol. The van der Waals surface area contributed by atoms with Crippen molar-refractivity contribution >= 4 is 5.97 Å². The van der Waals surface area contributed by atoms with E-state index in [2.05, 4.69) is 16.8 Å². The highest BCUT2D eigenvalue weighted by molar-refractivity contribution is 5.67. The average Bonchev–Trinajstić information content (AvgIpc) is 2.16. The zero-order chi connectivity index (χ0) is 12.1. The van der Waals surface area contributed by atoms with Crippen LogP contribution in [0.15, 0.2) is 0 Å². The van der Waals surface area contributed by atoms with Crippen LogP contribution in [0.2, 0.25) is 0 Å². The van der Waals surface area contributed by atoms with Gasteiger partial charge in [-0.05, 0) is 40.0 Å². The highest BCUT2D eigenvalue weighted by Crippen LogP contribution is 2.14. The molecule has 0 aromatic carbocycles. The van der Waals surface area contributed by atoms with Gasteiger partial charge in [0.25, 0.3) is 0 Å². The Morgan fingerprint density at radius 2 is 2.12 bits per heavy atom. The van der Waals surface area contributed by atoms with Crippen molar-refractivity contribution in [2.24, 2.45) is 5.73 Å². The Morgan fingerprint density at radius 3 is 2.62 bits per heavy atom. The van der Waals surface area contributed by atoms with Gasteiger partial charge < -0.3 is 20.6 Å². The molecule has 0 spiro atoms. The van der Waals surface area contributed by atoms with Crippen molar-refractivity contribution < 1.29 is 9.90 Å². The average molecular weight is 229 g/mol. The number of likely N-dealkylation sites (N-methyl/N-ethyl adjacent to an activating group) is 1. The summed E-state index contributed by atoms with van der Waals surface area (Å²) >= 11 is 0. The van der Waals surface area contributed by atoms with Gasteiger partial charge in [0, 0.05) is 18.6 Å². The summed E-state index contributed by atoms with van der Waals surface area (Å²) in [6.07, 6.45) is 2.34. The number of nitrogens with two attached hydrogens (primary N) is 1. The second-order valence-electron chi connectivity index (χ2n) is 4.83. The third-order valence-electron chi connectivity index (χ3n) is 3.27. The lowest BCUT2D eigenvalue weighted by atomic mass is 10.0. The Hall–Kier alpha value is -0.650. The molecule has 0 radical (unpaired) electrons. The molecule has 5 heteroatoms. The third-order valence-corrected chi connectivity index (χ3v) is 3.27. The molecule has 0 aromatic rings. The van der Waals surface area contributed by atoms with E-state index < -0.39 is 5.97 Å². The molecule has 1 saturated heterocycles. The van der Waals surface area contributed by atoms with Crippen LogP contribution in [0.1, 0.15) is 19.3 Å². The summed E-state index contributed by atoms with van der Waals surface area (Å²) in [6, 6.07) is 0.290. The second kappa shape index (κ2) is 6.18. The van der Waals surface area contributed by atoms with Crippen LogP contribution in [-0.2, 0) is 4.79 Å². The maximum absolute atomic E-state index is 10.5. The zero-order valence-electron chi connectivity index (χ0n) is 10.2. The van der Waals surface area contributed by atoms with Gasteiger partial charge in [0.2, 0.25) is 0 Å². The summed E-state index contributed by atoms with van der Waals surface area (Å²) in [5.41, 5.74) is 5.78. The summed E-state index contributed by atoms with van der Waals surface area (Å²) in [5.74, 6) is -0.815. The molecule has 0 aliphatic carbocycles.